The second-order valence-electron chi connectivity index (χ2n) is 7.25. The number of fused-ring (bicyclic) bond motifs is 1. The van der Waals surface area contributed by atoms with Crippen molar-refractivity contribution in [1.29, 1.82) is 0 Å². The minimum absolute atomic E-state index is 0.0679. The molecule has 2 unspecified atom stereocenters. The topological polar surface area (TPSA) is 68.2 Å². The summed E-state index contributed by atoms with van der Waals surface area (Å²) in [5.41, 5.74) is 1.59. The van der Waals surface area contributed by atoms with Gasteiger partial charge in [0.15, 0.2) is 5.82 Å². The molecule has 26 heavy (non-hydrogen) atoms. The number of ether oxygens (including phenoxy) is 1. The number of carbonyl (C=O) groups excluding carboxylic acids is 1. The molecule has 0 spiro atoms. The van der Waals surface area contributed by atoms with Gasteiger partial charge in [-0.1, -0.05) is 13.3 Å². The second-order valence-corrected chi connectivity index (χ2v) is 7.25. The fraction of sp³-hybridized carbons (Fsp3) is 0.500. The third-order valence-corrected chi connectivity index (χ3v) is 5.85. The van der Waals surface area contributed by atoms with Gasteiger partial charge in [0.25, 0.3) is 0 Å². The molecule has 6 nitrogen and oxygen atoms in total. The van der Waals surface area contributed by atoms with Gasteiger partial charge in [0, 0.05) is 42.8 Å². The summed E-state index contributed by atoms with van der Waals surface area (Å²) in [5.74, 6) is 1.90. The third kappa shape index (κ3) is 2.73. The maximum absolute atomic E-state index is 12.5. The molecule has 3 heterocycles. The van der Waals surface area contributed by atoms with E-state index in [-0.39, 0.29) is 11.4 Å². The van der Waals surface area contributed by atoms with Crippen LogP contribution in [0.3, 0.4) is 0 Å². The van der Waals surface area contributed by atoms with E-state index in [4.69, 9.17) is 9.72 Å². The number of hydrogen-bond acceptors (Lipinski definition) is 6. The molecule has 0 aromatic carbocycles. The Morgan fingerprint density at radius 1 is 1.35 bits per heavy atom. The fourth-order valence-corrected chi connectivity index (χ4v) is 4.46. The lowest BCUT2D eigenvalue weighted by atomic mass is 9.81. The number of esters is 1. The molecule has 2 atom stereocenters. The van der Waals surface area contributed by atoms with Crippen molar-refractivity contribution in [3.05, 3.63) is 36.3 Å². The first-order valence-corrected chi connectivity index (χ1v) is 9.28. The Morgan fingerprint density at radius 3 is 2.88 bits per heavy atom. The highest BCUT2D eigenvalue weighted by Crippen LogP contribution is 2.50. The van der Waals surface area contributed by atoms with Crippen molar-refractivity contribution in [3.63, 3.8) is 0 Å². The SMILES string of the molecule is CCc1cc(N2CC3CCCC3(C(=O)OC)C2)nc(-c2ccncc2)n1. The first kappa shape index (κ1) is 16.9. The number of anilines is 1. The van der Waals surface area contributed by atoms with E-state index in [9.17, 15) is 4.79 Å². The number of aryl methyl sites for hydroxylation is 1. The number of nitrogens with zero attached hydrogens (tertiary/aromatic N) is 4. The van der Waals surface area contributed by atoms with Crippen molar-refractivity contribution in [2.45, 2.75) is 32.6 Å². The summed E-state index contributed by atoms with van der Waals surface area (Å²) in [5, 5.41) is 0. The Kier molecular flexibility index (Phi) is 4.34. The smallest absolute Gasteiger partial charge is 0.313 e. The van der Waals surface area contributed by atoms with Crippen LogP contribution in [0.2, 0.25) is 0 Å². The van der Waals surface area contributed by atoms with Crippen LogP contribution in [0.1, 0.15) is 31.9 Å². The largest absolute Gasteiger partial charge is 0.469 e. The van der Waals surface area contributed by atoms with Crippen LogP contribution in [0, 0.1) is 11.3 Å². The van der Waals surface area contributed by atoms with E-state index in [1.165, 1.54) is 7.11 Å². The first-order valence-electron chi connectivity index (χ1n) is 9.28. The number of aromatic nitrogens is 3. The van der Waals surface area contributed by atoms with Crippen molar-refractivity contribution in [2.24, 2.45) is 11.3 Å². The number of carbonyl (C=O) groups is 1. The van der Waals surface area contributed by atoms with Gasteiger partial charge in [-0.2, -0.15) is 0 Å². The number of hydrogen-bond donors (Lipinski definition) is 0. The van der Waals surface area contributed by atoms with Gasteiger partial charge in [-0.05, 0) is 37.3 Å². The van der Waals surface area contributed by atoms with E-state index >= 15 is 0 Å². The number of rotatable bonds is 4. The Hall–Kier alpha value is -2.50. The quantitative estimate of drug-likeness (QED) is 0.788. The van der Waals surface area contributed by atoms with E-state index in [1.807, 2.05) is 12.1 Å². The molecule has 2 aromatic rings. The van der Waals surface area contributed by atoms with Gasteiger partial charge in [-0.15, -0.1) is 0 Å². The molecular weight excluding hydrogens is 328 g/mol. The van der Waals surface area contributed by atoms with Crippen molar-refractivity contribution < 1.29 is 9.53 Å². The molecule has 136 valence electrons. The number of methoxy groups -OCH3 is 1. The van der Waals surface area contributed by atoms with Gasteiger partial charge in [0.1, 0.15) is 5.82 Å². The molecule has 6 heteroatoms. The molecule has 2 aliphatic rings. The van der Waals surface area contributed by atoms with Gasteiger partial charge >= 0.3 is 5.97 Å². The Morgan fingerprint density at radius 2 is 2.15 bits per heavy atom. The Labute approximate surface area is 153 Å². The van der Waals surface area contributed by atoms with Crippen LogP contribution in [-0.4, -0.2) is 41.1 Å². The molecular formula is C20H24N4O2. The summed E-state index contributed by atoms with van der Waals surface area (Å²) in [4.78, 5) is 28.3. The summed E-state index contributed by atoms with van der Waals surface area (Å²) in [6.45, 7) is 3.63. The minimum Gasteiger partial charge on any atom is -0.469 e. The molecule has 1 aliphatic heterocycles. The van der Waals surface area contributed by atoms with Crippen LogP contribution in [0.25, 0.3) is 11.4 Å². The van der Waals surface area contributed by atoms with Crippen molar-refractivity contribution >= 4 is 11.8 Å². The molecule has 0 radical (unpaired) electrons. The fourth-order valence-electron chi connectivity index (χ4n) is 4.46. The summed E-state index contributed by atoms with van der Waals surface area (Å²) in [6, 6.07) is 5.90. The van der Waals surface area contributed by atoms with E-state index in [2.05, 4.69) is 27.9 Å². The molecule has 1 aliphatic carbocycles. The highest BCUT2D eigenvalue weighted by molar-refractivity contribution is 5.79. The second kappa shape index (κ2) is 6.67. The third-order valence-electron chi connectivity index (χ3n) is 5.85. The minimum atomic E-state index is -0.372. The Bertz CT molecular complexity index is 811. The molecule has 0 bridgehead atoms. The zero-order valence-corrected chi connectivity index (χ0v) is 15.3. The average molecular weight is 352 g/mol. The predicted octanol–water partition coefficient (Wildman–Crippen LogP) is 2.88. The van der Waals surface area contributed by atoms with E-state index < -0.39 is 0 Å². The van der Waals surface area contributed by atoms with Crippen LogP contribution in [0.15, 0.2) is 30.6 Å². The highest BCUT2D eigenvalue weighted by atomic mass is 16.5. The summed E-state index contributed by atoms with van der Waals surface area (Å²) in [6.07, 6.45) is 7.43. The first-order chi connectivity index (χ1) is 12.7. The summed E-state index contributed by atoms with van der Waals surface area (Å²) < 4.78 is 5.16. The lowest BCUT2D eigenvalue weighted by molar-refractivity contribution is -0.152. The molecule has 0 N–H and O–H groups in total. The van der Waals surface area contributed by atoms with Crippen molar-refractivity contribution in [1.82, 2.24) is 15.0 Å². The highest BCUT2D eigenvalue weighted by Gasteiger charge is 2.55. The average Bonchev–Trinajstić information content (AvgIpc) is 3.26. The van der Waals surface area contributed by atoms with Crippen LogP contribution >= 0.6 is 0 Å². The van der Waals surface area contributed by atoms with Gasteiger partial charge in [0.2, 0.25) is 0 Å². The lowest BCUT2D eigenvalue weighted by Gasteiger charge is -2.25. The maximum atomic E-state index is 12.5. The Balaban J connectivity index is 1.69. The van der Waals surface area contributed by atoms with Crippen LogP contribution in [0.5, 0.6) is 0 Å². The number of pyridine rings is 1. The lowest BCUT2D eigenvalue weighted by Crippen LogP contribution is -2.37. The summed E-state index contributed by atoms with van der Waals surface area (Å²) >= 11 is 0. The molecule has 2 fully saturated rings. The molecule has 4 rings (SSSR count). The van der Waals surface area contributed by atoms with E-state index in [1.54, 1.807) is 12.4 Å². The van der Waals surface area contributed by atoms with Crippen molar-refractivity contribution in [3.8, 4) is 11.4 Å². The standard InChI is InChI=1S/C20H24N4O2/c1-3-16-11-17(23-18(22-16)14-6-9-21-10-7-14)24-12-15-5-4-8-20(15,13-24)19(25)26-2/h6-7,9-11,15H,3-5,8,12-13H2,1-2H3. The zero-order valence-electron chi connectivity index (χ0n) is 15.3. The van der Waals surface area contributed by atoms with Gasteiger partial charge in [-0.3, -0.25) is 9.78 Å². The van der Waals surface area contributed by atoms with Gasteiger partial charge in [0.05, 0.1) is 12.5 Å². The van der Waals surface area contributed by atoms with Crippen molar-refractivity contribution in [2.75, 3.05) is 25.1 Å². The summed E-state index contributed by atoms with van der Waals surface area (Å²) in [7, 11) is 1.50. The predicted molar refractivity (Wildman–Crippen MR) is 98.6 cm³/mol. The zero-order chi connectivity index (χ0) is 18.1. The normalized spacial score (nSPS) is 24.5. The van der Waals surface area contributed by atoms with Crippen LogP contribution in [0.4, 0.5) is 5.82 Å². The molecule has 1 saturated carbocycles. The molecule has 1 saturated heterocycles. The molecule has 0 amide bonds. The maximum Gasteiger partial charge on any atom is 0.313 e. The molecule has 2 aromatic heterocycles. The van der Waals surface area contributed by atoms with Gasteiger partial charge in [-0.25, -0.2) is 9.97 Å². The van der Waals surface area contributed by atoms with Crippen LogP contribution < -0.4 is 4.90 Å². The van der Waals surface area contributed by atoms with E-state index in [0.717, 1.165) is 49.3 Å². The van der Waals surface area contributed by atoms with Gasteiger partial charge < -0.3 is 9.64 Å². The van der Waals surface area contributed by atoms with Crippen LogP contribution in [-0.2, 0) is 16.0 Å². The monoisotopic (exact) mass is 352 g/mol. The van der Waals surface area contributed by atoms with E-state index in [0.29, 0.717) is 18.3 Å².